The highest BCUT2D eigenvalue weighted by molar-refractivity contribution is 7.32. The molecule has 1 nitrogen and oxygen atoms in total. The molecule has 0 radical (unpaired) electrons. The molecule has 0 aliphatic carbocycles. The molecular formula is C7H17OP. The van der Waals surface area contributed by atoms with Crippen molar-refractivity contribution in [1.29, 1.82) is 0 Å². The highest BCUT2D eigenvalue weighted by Crippen LogP contribution is 2.12. The van der Waals surface area contributed by atoms with Crippen molar-refractivity contribution in [3.8, 4) is 0 Å². The Morgan fingerprint density at radius 2 is 2.00 bits per heavy atom. The van der Waals surface area contributed by atoms with Crippen LogP contribution in [0, 0.1) is 0 Å². The van der Waals surface area contributed by atoms with Crippen molar-refractivity contribution in [2.45, 2.75) is 32.6 Å². The molecule has 0 aromatic carbocycles. The third-order valence-electron chi connectivity index (χ3n) is 1.28. The van der Waals surface area contributed by atoms with Gasteiger partial charge in [0.2, 0.25) is 0 Å². The van der Waals surface area contributed by atoms with Crippen LogP contribution in [0.5, 0.6) is 0 Å². The molecule has 2 heteroatoms. The van der Waals surface area contributed by atoms with E-state index in [1.165, 1.54) is 31.8 Å². The second-order valence-electron chi connectivity index (χ2n) is 2.16. The molecule has 0 fully saturated rings. The van der Waals surface area contributed by atoms with Crippen molar-refractivity contribution in [2.75, 3.05) is 13.3 Å². The summed E-state index contributed by atoms with van der Waals surface area (Å²) in [6.45, 7) is 2.23. The molecule has 0 aliphatic rings. The Labute approximate surface area is 60.0 Å². The van der Waals surface area contributed by atoms with E-state index in [1.807, 2.05) is 0 Å². The monoisotopic (exact) mass is 148 g/mol. The summed E-state index contributed by atoms with van der Waals surface area (Å²) in [7, 11) is 2.50. The van der Waals surface area contributed by atoms with E-state index in [0.717, 1.165) is 8.81 Å². The Hall–Kier alpha value is 0.390. The first-order valence-corrected chi connectivity index (χ1v) is 4.79. The lowest BCUT2D eigenvalue weighted by Gasteiger charge is -1.96. The van der Waals surface area contributed by atoms with Crippen molar-refractivity contribution in [3.63, 3.8) is 0 Å². The molecule has 1 unspecified atom stereocenters. The summed E-state index contributed by atoms with van der Waals surface area (Å²) in [6.07, 6.45) is 6.70. The average Bonchev–Trinajstić information content (AvgIpc) is 1.89. The first-order chi connectivity index (χ1) is 4.41. The van der Waals surface area contributed by atoms with Gasteiger partial charge in [-0.3, -0.25) is 0 Å². The molecule has 0 heterocycles. The Balaban J connectivity index is 2.60. The molecule has 0 aromatic heterocycles. The zero-order valence-corrected chi connectivity index (χ0v) is 7.44. The van der Waals surface area contributed by atoms with Crippen molar-refractivity contribution < 1.29 is 4.52 Å². The summed E-state index contributed by atoms with van der Waals surface area (Å²) in [6, 6.07) is 0. The third kappa shape index (κ3) is 8.39. The van der Waals surface area contributed by atoms with Crippen LogP contribution < -0.4 is 0 Å². The van der Waals surface area contributed by atoms with Crippen molar-refractivity contribution >= 4 is 8.81 Å². The Bertz CT molecular complexity index is 42.2. The van der Waals surface area contributed by atoms with Crippen LogP contribution in [-0.4, -0.2) is 13.3 Å². The van der Waals surface area contributed by atoms with E-state index in [9.17, 15) is 0 Å². The molecule has 9 heavy (non-hydrogen) atoms. The van der Waals surface area contributed by atoms with Crippen molar-refractivity contribution in [1.82, 2.24) is 0 Å². The number of unbranched alkanes of at least 4 members (excludes halogenated alkanes) is 3. The molecule has 0 spiro atoms. The minimum Gasteiger partial charge on any atom is -0.366 e. The van der Waals surface area contributed by atoms with Crippen LogP contribution in [0.4, 0.5) is 0 Å². The van der Waals surface area contributed by atoms with E-state index in [4.69, 9.17) is 4.52 Å². The summed E-state index contributed by atoms with van der Waals surface area (Å²) in [5.41, 5.74) is 0. The lowest BCUT2D eigenvalue weighted by Crippen LogP contribution is -1.78. The summed E-state index contributed by atoms with van der Waals surface area (Å²) >= 11 is 0. The molecule has 0 bridgehead atoms. The van der Waals surface area contributed by atoms with Crippen LogP contribution in [0.1, 0.15) is 32.6 Å². The molecule has 0 aliphatic heterocycles. The van der Waals surface area contributed by atoms with Crippen LogP contribution in [0.25, 0.3) is 0 Å². The second kappa shape index (κ2) is 8.39. The first-order valence-electron chi connectivity index (χ1n) is 3.67. The van der Waals surface area contributed by atoms with Gasteiger partial charge in [-0.05, 0) is 12.6 Å². The van der Waals surface area contributed by atoms with Gasteiger partial charge in [-0.15, -0.1) is 0 Å². The molecule has 0 rings (SSSR count). The molecule has 56 valence electrons. The third-order valence-corrected chi connectivity index (χ3v) is 2.12. The van der Waals surface area contributed by atoms with E-state index >= 15 is 0 Å². The predicted octanol–water partition coefficient (Wildman–Crippen LogP) is 2.81. The molecular weight excluding hydrogens is 131 g/mol. The van der Waals surface area contributed by atoms with E-state index in [0.29, 0.717) is 0 Å². The average molecular weight is 148 g/mol. The summed E-state index contributed by atoms with van der Waals surface area (Å²) < 4.78 is 4.95. The summed E-state index contributed by atoms with van der Waals surface area (Å²) in [5.74, 6) is 0. The van der Waals surface area contributed by atoms with Crippen LogP contribution in [-0.2, 0) is 4.52 Å². The first kappa shape index (κ1) is 9.39. The predicted molar refractivity (Wildman–Crippen MR) is 44.3 cm³/mol. The number of rotatable bonds is 6. The van der Waals surface area contributed by atoms with Gasteiger partial charge < -0.3 is 4.52 Å². The van der Waals surface area contributed by atoms with Crippen molar-refractivity contribution in [3.05, 3.63) is 0 Å². The normalized spacial score (nSPS) is 11.3. The fourth-order valence-corrected chi connectivity index (χ4v) is 1.32. The summed E-state index contributed by atoms with van der Waals surface area (Å²) in [5, 5.41) is 0. The quantitative estimate of drug-likeness (QED) is 0.415. The second-order valence-corrected chi connectivity index (χ2v) is 3.36. The van der Waals surface area contributed by atoms with Gasteiger partial charge in [-0.25, -0.2) is 0 Å². The van der Waals surface area contributed by atoms with Crippen LogP contribution in [0.3, 0.4) is 0 Å². The van der Waals surface area contributed by atoms with Gasteiger partial charge in [-0.2, -0.15) is 0 Å². The zero-order chi connectivity index (χ0) is 6.95. The standard InChI is InChI=1S/C7H17OP/c1-3-4-5-6-7-9-8-2/h9H,3-7H2,1-2H3. The maximum absolute atomic E-state index is 4.95. The van der Waals surface area contributed by atoms with E-state index in [1.54, 1.807) is 7.11 Å². The van der Waals surface area contributed by atoms with Gasteiger partial charge in [0.05, 0.1) is 0 Å². The SMILES string of the molecule is CCCCCCPOC. The van der Waals surface area contributed by atoms with Gasteiger partial charge in [0, 0.05) is 15.9 Å². The molecule has 0 N–H and O–H groups in total. The van der Waals surface area contributed by atoms with E-state index in [-0.39, 0.29) is 0 Å². The van der Waals surface area contributed by atoms with Gasteiger partial charge in [0.1, 0.15) is 0 Å². The Kier molecular flexibility index (Phi) is 8.75. The largest absolute Gasteiger partial charge is 0.366 e. The minimum atomic E-state index is 0.726. The fraction of sp³-hybridized carbons (Fsp3) is 1.00. The topological polar surface area (TPSA) is 9.23 Å². The van der Waals surface area contributed by atoms with Crippen LogP contribution in [0.15, 0.2) is 0 Å². The van der Waals surface area contributed by atoms with Crippen LogP contribution in [0.2, 0.25) is 0 Å². The van der Waals surface area contributed by atoms with Crippen molar-refractivity contribution in [2.24, 2.45) is 0 Å². The molecule has 1 atom stereocenters. The number of hydrogen-bond donors (Lipinski definition) is 0. The smallest absolute Gasteiger partial charge is 0.0394 e. The van der Waals surface area contributed by atoms with Gasteiger partial charge in [0.25, 0.3) is 0 Å². The highest BCUT2D eigenvalue weighted by atomic mass is 31.1. The molecule has 0 saturated carbocycles. The number of hydrogen-bond acceptors (Lipinski definition) is 1. The lowest BCUT2D eigenvalue weighted by atomic mass is 10.2. The minimum absolute atomic E-state index is 0.726. The zero-order valence-electron chi connectivity index (χ0n) is 6.44. The maximum atomic E-state index is 4.95. The van der Waals surface area contributed by atoms with E-state index in [2.05, 4.69) is 6.92 Å². The molecule has 0 aromatic rings. The summed E-state index contributed by atoms with van der Waals surface area (Å²) in [4.78, 5) is 0. The highest BCUT2D eigenvalue weighted by Gasteiger charge is 1.86. The molecule has 0 saturated heterocycles. The van der Waals surface area contributed by atoms with Gasteiger partial charge >= 0.3 is 0 Å². The lowest BCUT2D eigenvalue weighted by molar-refractivity contribution is 0.473. The fourth-order valence-electron chi connectivity index (χ4n) is 0.726. The molecule has 0 amide bonds. The Morgan fingerprint density at radius 1 is 1.22 bits per heavy atom. The van der Waals surface area contributed by atoms with Gasteiger partial charge in [-0.1, -0.05) is 26.2 Å². The van der Waals surface area contributed by atoms with E-state index < -0.39 is 0 Å². The maximum Gasteiger partial charge on any atom is 0.0394 e. The van der Waals surface area contributed by atoms with Crippen LogP contribution >= 0.6 is 8.81 Å². The Morgan fingerprint density at radius 3 is 2.56 bits per heavy atom. The van der Waals surface area contributed by atoms with Gasteiger partial charge in [0.15, 0.2) is 0 Å².